The van der Waals surface area contributed by atoms with E-state index in [2.05, 4.69) is 20.3 Å². The predicted molar refractivity (Wildman–Crippen MR) is 82.9 cm³/mol. The summed E-state index contributed by atoms with van der Waals surface area (Å²) in [5.74, 6) is 1.34. The highest BCUT2D eigenvalue weighted by Crippen LogP contribution is 2.27. The van der Waals surface area contributed by atoms with Gasteiger partial charge in [-0.1, -0.05) is 11.6 Å². The van der Waals surface area contributed by atoms with E-state index in [4.69, 9.17) is 22.1 Å². The van der Waals surface area contributed by atoms with E-state index in [9.17, 15) is 0 Å². The summed E-state index contributed by atoms with van der Waals surface area (Å²) in [6.45, 7) is 3.78. The summed E-state index contributed by atoms with van der Waals surface area (Å²) in [4.78, 5) is 11.4. The molecule has 0 atom stereocenters. The third-order valence-electron chi connectivity index (χ3n) is 2.66. The molecule has 2 rings (SSSR count). The summed E-state index contributed by atoms with van der Waals surface area (Å²) in [5.41, 5.74) is 8.30. The molecule has 0 spiro atoms. The molecule has 0 unspecified atom stereocenters. The van der Waals surface area contributed by atoms with Crippen molar-refractivity contribution in [3.05, 3.63) is 40.7 Å². The second-order valence-electron chi connectivity index (χ2n) is 4.48. The van der Waals surface area contributed by atoms with Crippen molar-refractivity contribution in [2.45, 2.75) is 13.8 Å². The lowest BCUT2D eigenvalue weighted by Crippen LogP contribution is -2.72. The van der Waals surface area contributed by atoms with Crippen LogP contribution in [-0.2, 0) is 0 Å². The Labute approximate surface area is 128 Å². The summed E-state index contributed by atoms with van der Waals surface area (Å²) < 4.78 is 5.24. The molecule has 0 saturated carbocycles. The monoisotopic (exact) mass is 306 g/mol. The van der Waals surface area contributed by atoms with Gasteiger partial charge in [-0.3, -0.25) is 5.32 Å². The number of methoxy groups -OCH3 is 1. The zero-order valence-electron chi connectivity index (χ0n) is 12.1. The molecule has 0 saturated heterocycles. The van der Waals surface area contributed by atoms with Gasteiger partial charge in [-0.2, -0.15) is 0 Å². The summed E-state index contributed by atoms with van der Waals surface area (Å²) in [5, 5.41) is 3.56. The summed E-state index contributed by atoms with van der Waals surface area (Å²) in [6.07, 6.45) is 0. The zero-order valence-corrected chi connectivity index (χ0v) is 12.8. The Morgan fingerprint density at radius 2 is 1.90 bits per heavy atom. The van der Waals surface area contributed by atoms with E-state index in [1.807, 2.05) is 19.9 Å². The van der Waals surface area contributed by atoms with Crippen LogP contribution in [0.15, 0.2) is 24.3 Å². The first-order chi connectivity index (χ1) is 9.97. The Hall–Kier alpha value is -2.34. The van der Waals surface area contributed by atoms with Gasteiger partial charge in [0, 0.05) is 11.1 Å². The quantitative estimate of drug-likeness (QED) is 0.579. The molecule has 0 aliphatic carbocycles. The van der Waals surface area contributed by atoms with Gasteiger partial charge in [-0.15, -0.1) is 9.97 Å². The number of hydrogen-bond acceptors (Lipinski definition) is 3. The van der Waals surface area contributed by atoms with Crippen molar-refractivity contribution in [2.75, 3.05) is 12.4 Å². The van der Waals surface area contributed by atoms with E-state index in [1.54, 1.807) is 25.3 Å². The molecule has 0 bridgehead atoms. The number of nitrogens with two attached hydrogens (primary N) is 1. The minimum absolute atomic E-state index is 0.278. The van der Waals surface area contributed by atoms with E-state index in [0.717, 1.165) is 11.4 Å². The number of nitrogens with zero attached hydrogens (tertiary/aromatic N) is 2. The summed E-state index contributed by atoms with van der Waals surface area (Å²) in [6, 6.07) is 7.10. The number of nitrogens with one attached hydrogen (secondary N) is 2. The standard InChI is InChI=1S/C14H16ClN5O/c1-8-6-9(2)18-14(17-8)20-13(16)19-11-7-10(15)4-5-12(11)21-3/h4-7H,1-3H3,(H3,16,17,18,19,20)/p+1. The van der Waals surface area contributed by atoms with Crippen LogP contribution in [-0.4, -0.2) is 23.0 Å². The lowest BCUT2D eigenvalue weighted by Gasteiger charge is -2.08. The maximum absolute atomic E-state index is 5.97. The predicted octanol–water partition coefficient (Wildman–Crippen LogP) is 0.894. The van der Waals surface area contributed by atoms with Crippen molar-refractivity contribution in [2.24, 2.45) is 5.73 Å². The first-order valence-corrected chi connectivity index (χ1v) is 6.68. The van der Waals surface area contributed by atoms with Crippen LogP contribution >= 0.6 is 11.6 Å². The van der Waals surface area contributed by atoms with Crippen molar-refractivity contribution < 1.29 is 9.73 Å². The van der Waals surface area contributed by atoms with Crippen LogP contribution in [0, 0.1) is 13.8 Å². The third-order valence-corrected chi connectivity index (χ3v) is 2.89. The van der Waals surface area contributed by atoms with Gasteiger partial charge in [0.05, 0.1) is 18.5 Å². The lowest BCUT2D eigenvalue weighted by atomic mass is 10.3. The van der Waals surface area contributed by atoms with Crippen molar-refractivity contribution in [3.63, 3.8) is 0 Å². The smallest absolute Gasteiger partial charge is 0.354 e. The lowest BCUT2D eigenvalue weighted by molar-refractivity contribution is -0.365. The van der Waals surface area contributed by atoms with Gasteiger partial charge < -0.3 is 10.5 Å². The maximum atomic E-state index is 5.97. The summed E-state index contributed by atoms with van der Waals surface area (Å²) >= 11 is 5.97. The first-order valence-electron chi connectivity index (χ1n) is 6.30. The van der Waals surface area contributed by atoms with Crippen LogP contribution in [0.25, 0.3) is 0 Å². The van der Waals surface area contributed by atoms with E-state index in [1.165, 1.54) is 0 Å². The van der Waals surface area contributed by atoms with Crippen LogP contribution in [0.5, 0.6) is 5.75 Å². The molecule has 110 valence electrons. The molecule has 0 radical (unpaired) electrons. The van der Waals surface area contributed by atoms with E-state index in [0.29, 0.717) is 22.4 Å². The van der Waals surface area contributed by atoms with Crippen molar-refractivity contribution >= 4 is 29.2 Å². The fraction of sp³-hybridized carbons (Fsp3) is 0.214. The van der Waals surface area contributed by atoms with Gasteiger partial charge in [0.25, 0.3) is 5.96 Å². The molecule has 4 N–H and O–H groups in total. The molecule has 1 heterocycles. The second kappa shape index (κ2) is 6.41. The number of guanidine groups is 1. The molecule has 1 aromatic carbocycles. The molecule has 21 heavy (non-hydrogen) atoms. The minimum atomic E-state index is 0.278. The SMILES string of the molecule is COc1ccc(Cl)cc1NC(N)=[NH+]c1nc(C)cc(C)n1. The number of aryl methyl sites for hydroxylation is 2. The Morgan fingerprint density at radius 1 is 1.24 bits per heavy atom. The molecule has 0 amide bonds. The van der Waals surface area contributed by atoms with Gasteiger partial charge in [0.1, 0.15) is 5.69 Å². The number of benzene rings is 1. The summed E-state index contributed by atoms with van der Waals surface area (Å²) in [7, 11) is 1.57. The van der Waals surface area contributed by atoms with Crippen molar-refractivity contribution in [1.82, 2.24) is 9.97 Å². The van der Waals surface area contributed by atoms with Gasteiger partial charge in [-0.25, -0.2) is 4.99 Å². The molecular weight excluding hydrogens is 290 g/mol. The Bertz CT molecular complexity index is 667. The number of aromatic nitrogens is 2. The van der Waals surface area contributed by atoms with Gasteiger partial charge in [-0.05, 0) is 32.0 Å². The molecule has 0 fully saturated rings. The molecule has 0 aliphatic rings. The molecule has 7 heteroatoms. The Balaban J connectivity index is 2.26. The number of ether oxygens (including phenoxy) is 1. The fourth-order valence-corrected chi connectivity index (χ4v) is 2.03. The Kier molecular flexibility index (Phi) is 4.59. The number of halogens is 1. The van der Waals surface area contributed by atoms with Gasteiger partial charge >= 0.3 is 5.95 Å². The average Bonchev–Trinajstić information content (AvgIpc) is 2.37. The fourth-order valence-electron chi connectivity index (χ4n) is 1.86. The number of rotatable bonds is 3. The first kappa shape index (κ1) is 15.1. The van der Waals surface area contributed by atoms with E-state index >= 15 is 0 Å². The topological polar surface area (TPSA) is 87.0 Å². The third kappa shape index (κ3) is 4.06. The van der Waals surface area contributed by atoms with Crippen LogP contribution in [0.1, 0.15) is 11.4 Å². The minimum Gasteiger partial charge on any atom is -0.494 e. The van der Waals surface area contributed by atoms with Crippen LogP contribution in [0.2, 0.25) is 5.02 Å². The van der Waals surface area contributed by atoms with Crippen LogP contribution in [0.3, 0.4) is 0 Å². The van der Waals surface area contributed by atoms with Crippen LogP contribution in [0.4, 0.5) is 11.6 Å². The molecular formula is C14H17ClN5O+. The Morgan fingerprint density at radius 3 is 2.52 bits per heavy atom. The molecule has 6 nitrogen and oxygen atoms in total. The normalized spacial score (nSPS) is 11.3. The van der Waals surface area contributed by atoms with Crippen LogP contribution < -0.4 is 20.8 Å². The number of hydrogen-bond donors (Lipinski definition) is 3. The van der Waals surface area contributed by atoms with Crippen molar-refractivity contribution in [1.29, 1.82) is 0 Å². The maximum Gasteiger partial charge on any atom is 0.354 e. The average molecular weight is 307 g/mol. The van der Waals surface area contributed by atoms with Crippen molar-refractivity contribution in [3.8, 4) is 5.75 Å². The zero-order chi connectivity index (χ0) is 15.4. The molecule has 0 aliphatic heterocycles. The highest BCUT2D eigenvalue weighted by atomic mass is 35.5. The highest BCUT2D eigenvalue weighted by Gasteiger charge is 2.09. The van der Waals surface area contributed by atoms with Gasteiger partial charge in [0.15, 0.2) is 5.75 Å². The largest absolute Gasteiger partial charge is 0.494 e. The molecule has 2 aromatic rings. The number of anilines is 1. The van der Waals surface area contributed by atoms with Gasteiger partial charge in [0.2, 0.25) is 0 Å². The molecule has 1 aromatic heterocycles. The van der Waals surface area contributed by atoms with E-state index in [-0.39, 0.29) is 5.96 Å². The van der Waals surface area contributed by atoms with E-state index < -0.39 is 0 Å². The second-order valence-corrected chi connectivity index (χ2v) is 4.92. The highest BCUT2D eigenvalue weighted by molar-refractivity contribution is 6.31.